The lowest BCUT2D eigenvalue weighted by Crippen LogP contribution is -2.53. The molecule has 2 aromatic carbocycles. The Morgan fingerprint density at radius 2 is 1.88 bits per heavy atom. The van der Waals surface area contributed by atoms with E-state index < -0.39 is 29.7 Å². The molecule has 0 saturated carbocycles. The summed E-state index contributed by atoms with van der Waals surface area (Å²) >= 11 is 0. The van der Waals surface area contributed by atoms with E-state index in [-0.39, 0.29) is 18.3 Å². The van der Waals surface area contributed by atoms with Crippen molar-refractivity contribution in [1.29, 1.82) is 0 Å². The molecular weight excluding hydrogens is 523 g/mol. The Bertz CT molecular complexity index is 1330. The first-order valence-electron chi connectivity index (χ1n) is 13.3. The van der Waals surface area contributed by atoms with Crippen molar-refractivity contribution in [2.45, 2.75) is 69.6 Å². The number of hydrogen-bond donors (Lipinski definition) is 0. The van der Waals surface area contributed by atoms with Crippen molar-refractivity contribution in [2.24, 2.45) is 0 Å². The number of ether oxygens (including phenoxy) is 3. The predicted octanol–water partition coefficient (Wildman–Crippen LogP) is 7.06. The fraction of sp³-hybridized carbons (Fsp3) is 0.433. The Kier molecular flexibility index (Phi) is 7.48. The summed E-state index contributed by atoms with van der Waals surface area (Å²) in [5.41, 5.74) is 1.30. The van der Waals surface area contributed by atoms with Gasteiger partial charge >= 0.3 is 12.5 Å². The molecule has 0 N–H and O–H groups in total. The van der Waals surface area contributed by atoms with E-state index in [0.717, 1.165) is 5.56 Å². The van der Waals surface area contributed by atoms with Gasteiger partial charge in [0.05, 0.1) is 30.1 Å². The van der Waals surface area contributed by atoms with Crippen molar-refractivity contribution in [3.63, 3.8) is 0 Å². The van der Waals surface area contributed by atoms with Crippen LogP contribution in [0.25, 0.3) is 11.3 Å². The molecule has 0 aliphatic carbocycles. The van der Waals surface area contributed by atoms with Gasteiger partial charge in [-0.2, -0.15) is 0 Å². The molecule has 10 heteroatoms. The first-order chi connectivity index (χ1) is 18.9. The summed E-state index contributed by atoms with van der Waals surface area (Å²) in [6.45, 7) is 6.25. The minimum absolute atomic E-state index is 0.258. The average Bonchev–Trinajstić information content (AvgIpc) is 3.31. The minimum atomic E-state index is -4.82. The highest BCUT2D eigenvalue weighted by molar-refractivity contribution is 5.70. The van der Waals surface area contributed by atoms with Gasteiger partial charge in [0, 0.05) is 30.4 Å². The number of alkyl halides is 3. The molecule has 2 aliphatic heterocycles. The van der Waals surface area contributed by atoms with Gasteiger partial charge in [-0.3, -0.25) is 14.9 Å². The molecule has 1 aromatic heterocycles. The highest BCUT2D eigenvalue weighted by Gasteiger charge is 2.53. The number of hydrogen-bond acceptors (Lipinski definition) is 6. The lowest BCUT2D eigenvalue weighted by atomic mass is 9.75. The molecule has 40 heavy (non-hydrogen) atoms. The molecule has 2 saturated heterocycles. The number of likely N-dealkylation sites (tertiary alicyclic amines) is 1. The molecule has 2 aliphatic rings. The van der Waals surface area contributed by atoms with Gasteiger partial charge < -0.3 is 14.2 Å². The zero-order valence-corrected chi connectivity index (χ0v) is 22.6. The molecular formula is C30H32F3N3O4. The van der Waals surface area contributed by atoms with Gasteiger partial charge in [0.15, 0.2) is 0 Å². The van der Waals surface area contributed by atoms with Crippen LogP contribution in [-0.4, -0.2) is 51.7 Å². The van der Waals surface area contributed by atoms with Crippen LogP contribution in [0.4, 0.5) is 18.0 Å². The molecule has 3 heterocycles. The third kappa shape index (κ3) is 6.06. The Hall–Kier alpha value is -3.66. The number of nitrogens with zero attached hydrogens (tertiary/aromatic N) is 3. The quantitative estimate of drug-likeness (QED) is 0.343. The lowest BCUT2D eigenvalue weighted by Gasteiger charge is -2.47. The summed E-state index contributed by atoms with van der Waals surface area (Å²) in [5, 5.41) is 0. The molecule has 0 radical (unpaired) electrons. The van der Waals surface area contributed by atoms with E-state index in [2.05, 4.69) is 14.7 Å². The molecule has 2 fully saturated rings. The van der Waals surface area contributed by atoms with Crippen LogP contribution in [0.3, 0.4) is 0 Å². The third-order valence-corrected chi connectivity index (χ3v) is 7.25. The molecule has 7 nitrogen and oxygen atoms in total. The highest BCUT2D eigenvalue weighted by Crippen LogP contribution is 2.52. The Balaban J connectivity index is 1.54. The second-order valence-corrected chi connectivity index (χ2v) is 11.3. The van der Waals surface area contributed by atoms with E-state index in [4.69, 9.17) is 9.47 Å². The maximum atomic E-state index is 13.4. The molecule has 1 amide bonds. The Labute approximate surface area is 231 Å². The van der Waals surface area contributed by atoms with Crippen LogP contribution in [-0.2, 0) is 9.47 Å². The van der Waals surface area contributed by atoms with Gasteiger partial charge in [-0.1, -0.05) is 30.3 Å². The van der Waals surface area contributed by atoms with Crippen LogP contribution >= 0.6 is 0 Å². The zero-order chi connectivity index (χ0) is 28.5. The van der Waals surface area contributed by atoms with Gasteiger partial charge in [0.2, 0.25) is 0 Å². The van der Waals surface area contributed by atoms with Crippen LogP contribution in [0.5, 0.6) is 5.75 Å². The molecule has 0 bridgehead atoms. The van der Waals surface area contributed by atoms with Crippen LogP contribution in [0.15, 0.2) is 67.1 Å². The first kappa shape index (κ1) is 27.9. The van der Waals surface area contributed by atoms with Crippen molar-refractivity contribution in [1.82, 2.24) is 14.9 Å². The Morgan fingerprint density at radius 1 is 1.10 bits per heavy atom. The van der Waals surface area contributed by atoms with E-state index in [0.29, 0.717) is 42.6 Å². The summed E-state index contributed by atoms with van der Waals surface area (Å²) in [5.74, 6) is -0.590. The van der Waals surface area contributed by atoms with E-state index in [1.54, 1.807) is 17.2 Å². The Morgan fingerprint density at radius 3 is 2.55 bits per heavy atom. The van der Waals surface area contributed by atoms with Gasteiger partial charge in [-0.15, -0.1) is 13.2 Å². The number of amides is 1. The van der Waals surface area contributed by atoms with E-state index in [1.165, 1.54) is 24.5 Å². The van der Waals surface area contributed by atoms with Gasteiger partial charge in [0.1, 0.15) is 11.4 Å². The fourth-order valence-corrected chi connectivity index (χ4v) is 5.85. The maximum Gasteiger partial charge on any atom is 0.573 e. The summed E-state index contributed by atoms with van der Waals surface area (Å²) < 4.78 is 56.0. The number of carbonyl (C=O) groups excluding carboxylic acids is 1. The summed E-state index contributed by atoms with van der Waals surface area (Å²) in [7, 11) is 0. The van der Waals surface area contributed by atoms with E-state index in [9.17, 15) is 18.0 Å². The fourth-order valence-electron chi connectivity index (χ4n) is 5.85. The summed E-state index contributed by atoms with van der Waals surface area (Å²) in [6, 6.07) is 13.5. The molecule has 5 rings (SSSR count). The maximum absolute atomic E-state index is 13.4. The van der Waals surface area contributed by atoms with Gasteiger partial charge in [-0.05, 0) is 69.4 Å². The number of aromatic nitrogens is 2. The largest absolute Gasteiger partial charge is 0.573 e. The highest BCUT2D eigenvalue weighted by atomic mass is 19.4. The molecule has 1 spiro atoms. The van der Waals surface area contributed by atoms with Crippen molar-refractivity contribution in [3.8, 4) is 17.0 Å². The zero-order valence-electron chi connectivity index (χ0n) is 22.6. The van der Waals surface area contributed by atoms with Crippen molar-refractivity contribution < 1.29 is 32.2 Å². The van der Waals surface area contributed by atoms with Crippen LogP contribution in [0.2, 0.25) is 0 Å². The van der Waals surface area contributed by atoms with Crippen LogP contribution in [0.1, 0.15) is 63.1 Å². The monoisotopic (exact) mass is 555 g/mol. The van der Waals surface area contributed by atoms with Gasteiger partial charge in [0.25, 0.3) is 0 Å². The molecule has 3 aromatic rings. The molecule has 0 unspecified atom stereocenters. The number of piperidine rings is 1. The first-order valence-corrected chi connectivity index (χ1v) is 13.3. The third-order valence-electron chi connectivity index (χ3n) is 7.25. The normalized spacial score (nSPS) is 23.3. The molecule has 3 atom stereocenters. The van der Waals surface area contributed by atoms with Crippen molar-refractivity contribution in [3.05, 3.63) is 78.2 Å². The molecule has 212 valence electrons. The van der Waals surface area contributed by atoms with E-state index >= 15 is 0 Å². The number of carbonyl (C=O) groups is 1. The number of halogens is 3. The van der Waals surface area contributed by atoms with Gasteiger partial charge in [-0.25, -0.2) is 4.79 Å². The minimum Gasteiger partial charge on any atom is -0.444 e. The van der Waals surface area contributed by atoms with Crippen LogP contribution < -0.4 is 4.74 Å². The second kappa shape index (κ2) is 10.7. The topological polar surface area (TPSA) is 73.8 Å². The van der Waals surface area contributed by atoms with Crippen molar-refractivity contribution in [2.75, 3.05) is 13.2 Å². The van der Waals surface area contributed by atoms with Crippen molar-refractivity contribution >= 4 is 6.09 Å². The van der Waals surface area contributed by atoms with Crippen LogP contribution in [0, 0.1) is 0 Å². The standard InChI is InChI=1S/C30H32F3N3O4/c1-28(2,3)40-27(37)36-15-7-12-29(26(36)20-8-5-4-6-9-20)17-21(19-38-29)24-16-22(39-30(31,32)33)10-11-23(24)25-18-34-13-14-35-25/h4-6,8-11,13-14,16,18,21,26H,7,12,15,17,19H2,1-3H3/t21-,26-,29+/m0/s1. The summed E-state index contributed by atoms with van der Waals surface area (Å²) in [4.78, 5) is 23.7. The number of benzene rings is 2. The second-order valence-electron chi connectivity index (χ2n) is 11.3. The summed E-state index contributed by atoms with van der Waals surface area (Å²) in [6.07, 6.45) is 1.26. The predicted molar refractivity (Wildman–Crippen MR) is 142 cm³/mol. The lowest BCUT2D eigenvalue weighted by molar-refractivity contribution is -0.274. The number of rotatable bonds is 4. The average molecular weight is 556 g/mol. The van der Waals surface area contributed by atoms with E-state index in [1.807, 2.05) is 51.1 Å². The smallest absolute Gasteiger partial charge is 0.444 e. The SMILES string of the molecule is CC(C)(C)OC(=O)N1CCC[C@@]2(C[C@H](c3cc(OC(F)(F)F)ccc3-c3cnccn3)CO2)[C@@H]1c1ccccc1.